The highest BCUT2D eigenvalue weighted by atomic mass is 16.2. The van der Waals surface area contributed by atoms with Gasteiger partial charge in [-0.15, -0.1) is 0 Å². The first kappa shape index (κ1) is 12.9. The molecule has 19 heavy (non-hydrogen) atoms. The number of benzene rings is 2. The number of urea groups is 1. The second-order valence-corrected chi connectivity index (χ2v) is 4.25. The van der Waals surface area contributed by atoms with Gasteiger partial charge in [0.2, 0.25) is 5.91 Å². The van der Waals surface area contributed by atoms with E-state index in [1.54, 1.807) is 6.92 Å². The van der Waals surface area contributed by atoms with Crippen molar-refractivity contribution >= 4 is 28.4 Å². The number of hydrogen-bond donors (Lipinski definition) is 3. The van der Waals surface area contributed by atoms with E-state index in [9.17, 15) is 9.59 Å². The van der Waals surface area contributed by atoms with Gasteiger partial charge >= 0.3 is 6.03 Å². The molecular weight excluding hydrogens is 242 g/mol. The third-order valence-corrected chi connectivity index (χ3v) is 2.80. The van der Waals surface area contributed by atoms with Crippen molar-refractivity contribution in [3.8, 4) is 0 Å². The summed E-state index contributed by atoms with van der Waals surface area (Å²) in [6, 6.07) is 12.2. The number of rotatable bonds is 3. The van der Waals surface area contributed by atoms with Crippen LogP contribution in [0.3, 0.4) is 0 Å². The molecule has 0 saturated heterocycles. The lowest BCUT2D eigenvalue weighted by Gasteiger charge is -2.15. The molecular formula is C14H15N3O2. The maximum Gasteiger partial charge on any atom is 0.318 e. The number of carbonyl (C=O) groups excluding carboxylic acids is 2. The molecule has 0 aliphatic rings. The lowest BCUT2D eigenvalue weighted by atomic mass is 10.1. The van der Waals surface area contributed by atoms with Crippen LogP contribution in [0, 0.1) is 0 Å². The van der Waals surface area contributed by atoms with Crippen LogP contribution in [-0.4, -0.2) is 18.0 Å². The number of amides is 3. The molecule has 0 unspecified atom stereocenters. The quantitative estimate of drug-likeness (QED) is 0.784. The third kappa shape index (κ3) is 3.01. The average Bonchev–Trinajstić information content (AvgIpc) is 2.38. The summed E-state index contributed by atoms with van der Waals surface area (Å²) in [5.74, 6) is -0.458. The van der Waals surface area contributed by atoms with Crippen LogP contribution in [0.4, 0.5) is 10.5 Å². The van der Waals surface area contributed by atoms with Gasteiger partial charge in [0.15, 0.2) is 0 Å². The van der Waals surface area contributed by atoms with E-state index in [1.165, 1.54) is 0 Å². The third-order valence-electron chi connectivity index (χ3n) is 2.80. The number of nitrogens with one attached hydrogen (secondary N) is 2. The Kier molecular flexibility index (Phi) is 3.66. The van der Waals surface area contributed by atoms with Gasteiger partial charge in [-0.25, -0.2) is 4.79 Å². The van der Waals surface area contributed by atoms with E-state index in [0.717, 1.165) is 16.5 Å². The Balaban J connectivity index is 2.21. The summed E-state index contributed by atoms with van der Waals surface area (Å²) in [4.78, 5) is 22.3. The van der Waals surface area contributed by atoms with E-state index in [-0.39, 0.29) is 0 Å². The van der Waals surface area contributed by atoms with Crippen LogP contribution in [0.25, 0.3) is 10.8 Å². The fourth-order valence-corrected chi connectivity index (χ4v) is 1.88. The number of anilines is 1. The smallest absolute Gasteiger partial charge is 0.318 e. The van der Waals surface area contributed by atoms with E-state index in [4.69, 9.17) is 5.73 Å². The van der Waals surface area contributed by atoms with Gasteiger partial charge in [-0.1, -0.05) is 36.4 Å². The highest BCUT2D eigenvalue weighted by molar-refractivity contribution is 5.99. The van der Waals surface area contributed by atoms with E-state index in [2.05, 4.69) is 5.32 Å². The Morgan fingerprint density at radius 2 is 1.79 bits per heavy atom. The summed E-state index contributed by atoms with van der Waals surface area (Å²) in [5, 5.41) is 7.21. The molecule has 2 aromatic carbocycles. The Labute approximate surface area is 110 Å². The van der Waals surface area contributed by atoms with Crippen molar-refractivity contribution in [2.45, 2.75) is 13.0 Å². The van der Waals surface area contributed by atoms with Gasteiger partial charge in [-0.2, -0.15) is 0 Å². The van der Waals surface area contributed by atoms with E-state index in [1.807, 2.05) is 47.8 Å². The summed E-state index contributed by atoms with van der Waals surface area (Å²) in [5.41, 5.74) is 5.75. The second kappa shape index (κ2) is 5.39. The van der Waals surface area contributed by atoms with E-state index < -0.39 is 18.0 Å². The van der Waals surface area contributed by atoms with Crippen molar-refractivity contribution in [1.82, 2.24) is 5.32 Å². The van der Waals surface area contributed by atoms with Crippen LogP contribution in [0.5, 0.6) is 0 Å². The summed E-state index contributed by atoms with van der Waals surface area (Å²) in [6.45, 7) is 1.67. The minimum Gasteiger partial charge on any atom is -0.373 e. The van der Waals surface area contributed by atoms with Gasteiger partial charge in [0.05, 0.1) is 0 Å². The molecule has 5 heteroatoms. The topological polar surface area (TPSA) is 84.2 Å². The molecule has 0 aliphatic heterocycles. The van der Waals surface area contributed by atoms with Crippen molar-refractivity contribution in [2.75, 3.05) is 5.32 Å². The number of primary amides is 1. The molecule has 3 amide bonds. The zero-order chi connectivity index (χ0) is 13.8. The first-order chi connectivity index (χ1) is 9.08. The molecule has 0 fully saturated rings. The van der Waals surface area contributed by atoms with E-state index in [0.29, 0.717) is 0 Å². The minimum atomic E-state index is -0.850. The maximum absolute atomic E-state index is 11.6. The van der Waals surface area contributed by atoms with Crippen LogP contribution < -0.4 is 16.4 Å². The Morgan fingerprint density at radius 1 is 1.11 bits per heavy atom. The van der Waals surface area contributed by atoms with Gasteiger partial charge in [0.25, 0.3) is 0 Å². The summed E-state index contributed by atoms with van der Waals surface area (Å²) in [6.07, 6.45) is 0. The van der Waals surface area contributed by atoms with Gasteiger partial charge in [-0.3, -0.25) is 10.1 Å². The molecule has 0 saturated carbocycles. The summed E-state index contributed by atoms with van der Waals surface area (Å²) < 4.78 is 0. The van der Waals surface area contributed by atoms with Crippen LogP contribution >= 0.6 is 0 Å². The van der Waals surface area contributed by atoms with Crippen molar-refractivity contribution < 1.29 is 9.59 Å². The Morgan fingerprint density at radius 3 is 2.53 bits per heavy atom. The summed E-state index contributed by atoms with van der Waals surface area (Å²) in [7, 11) is 0. The molecule has 1 atom stereocenters. The molecule has 98 valence electrons. The van der Waals surface area contributed by atoms with Gasteiger partial charge in [0.1, 0.15) is 6.04 Å². The average molecular weight is 257 g/mol. The minimum absolute atomic E-state index is 0.458. The first-order valence-corrected chi connectivity index (χ1v) is 5.92. The van der Waals surface area contributed by atoms with Crippen LogP contribution in [0.2, 0.25) is 0 Å². The predicted octanol–water partition coefficient (Wildman–Crippen LogP) is 1.84. The fourth-order valence-electron chi connectivity index (χ4n) is 1.88. The van der Waals surface area contributed by atoms with E-state index >= 15 is 0 Å². The fraction of sp³-hybridized carbons (Fsp3) is 0.143. The van der Waals surface area contributed by atoms with Crippen molar-refractivity contribution in [3.63, 3.8) is 0 Å². The molecule has 5 nitrogen and oxygen atoms in total. The van der Waals surface area contributed by atoms with Crippen molar-refractivity contribution in [3.05, 3.63) is 42.5 Å². The number of imide groups is 1. The lowest BCUT2D eigenvalue weighted by Crippen LogP contribution is -2.43. The van der Waals surface area contributed by atoms with Crippen LogP contribution in [0.15, 0.2) is 42.5 Å². The molecule has 4 N–H and O–H groups in total. The highest BCUT2D eigenvalue weighted by Crippen LogP contribution is 2.23. The second-order valence-electron chi connectivity index (χ2n) is 4.25. The number of nitrogens with two attached hydrogens (primary N) is 1. The zero-order valence-electron chi connectivity index (χ0n) is 10.5. The lowest BCUT2D eigenvalue weighted by molar-refractivity contribution is -0.120. The highest BCUT2D eigenvalue weighted by Gasteiger charge is 2.14. The SMILES string of the molecule is C[C@@H](Nc1cccc2ccccc12)C(=O)NC(N)=O. The molecule has 0 spiro atoms. The monoisotopic (exact) mass is 257 g/mol. The molecule has 0 radical (unpaired) electrons. The number of hydrogen-bond acceptors (Lipinski definition) is 3. The Hall–Kier alpha value is -2.56. The van der Waals surface area contributed by atoms with Crippen LogP contribution in [-0.2, 0) is 4.79 Å². The molecule has 0 aromatic heterocycles. The maximum atomic E-state index is 11.6. The number of fused-ring (bicyclic) bond motifs is 1. The predicted molar refractivity (Wildman–Crippen MR) is 74.8 cm³/mol. The molecule has 0 aliphatic carbocycles. The Bertz CT molecular complexity index is 620. The zero-order valence-corrected chi connectivity index (χ0v) is 10.5. The molecule has 2 rings (SSSR count). The van der Waals surface area contributed by atoms with Gasteiger partial charge in [0, 0.05) is 11.1 Å². The summed E-state index contributed by atoms with van der Waals surface area (Å²) >= 11 is 0. The van der Waals surface area contributed by atoms with Crippen molar-refractivity contribution in [1.29, 1.82) is 0 Å². The van der Waals surface area contributed by atoms with Crippen molar-refractivity contribution in [2.24, 2.45) is 5.73 Å². The standard InChI is InChI=1S/C14H15N3O2/c1-9(13(18)17-14(15)19)16-12-8-4-6-10-5-2-3-7-11(10)12/h2-9,16H,1H3,(H3,15,17,18,19)/t9-/m1/s1. The molecule has 2 aromatic rings. The van der Waals surface area contributed by atoms with Gasteiger partial charge < -0.3 is 11.1 Å². The largest absolute Gasteiger partial charge is 0.373 e. The number of carbonyl (C=O) groups is 2. The van der Waals surface area contributed by atoms with Crippen LogP contribution in [0.1, 0.15) is 6.92 Å². The van der Waals surface area contributed by atoms with Gasteiger partial charge in [-0.05, 0) is 18.4 Å². The molecule has 0 heterocycles. The first-order valence-electron chi connectivity index (χ1n) is 5.92. The molecule has 0 bridgehead atoms. The normalized spacial score (nSPS) is 11.8.